The number of benzene rings is 1. The van der Waals surface area contributed by atoms with Gasteiger partial charge in [-0.2, -0.15) is 13.2 Å². The summed E-state index contributed by atoms with van der Waals surface area (Å²) in [6, 6.07) is 3.67. The average molecular weight is 927 g/mol. The maximum absolute atomic E-state index is 15.1. The molecule has 0 radical (unpaired) electrons. The summed E-state index contributed by atoms with van der Waals surface area (Å²) in [4.78, 5) is 68.6. The molecule has 5 aliphatic rings. The first-order valence-electron chi connectivity index (χ1n) is 22.4. The van der Waals surface area contributed by atoms with Gasteiger partial charge in [0.15, 0.2) is 5.78 Å². The summed E-state index contributed by atoms with van der Waals surface area (Å²) in [5.41, 5.74) is -4.57. The molecular weight excluding hydrogens is 868 g/mol. The Morgan fingerprint density at radius 1 is 1.02 bits per heavy atom. The molecule has 2 bridgehead atoms. The van der Waals surface area contributed by atoms with Crippen LogP contribution in [0.1, 0.15) is 124 Å². The molecule has 2 aromatic rings. The van der Waals surface area contributed by atoms with Crippen LogP contribution in [0.5, 0.6) is 11.6 Å². The smallest absolute Gasteiger partial charge is 0.428 e. The number of hydrogen-bond acceptors (Lipinski definition) is 11. The number of nitrogens with zero attached hydrogens (tertiary/aromatic N) is 3. The lowest BCUT2D eigenvalue weighted by Crippen LogP contribution is -2.53. The van der Waals surface area contributed by atoms with Crippen molar-refractivity contribution in [3.05, 3.63) is 23.9 Å². The first-order chi connectivity index (χ1) is 29.9. The number of amides is 2. The van der Waals surface area contributed by atoms with Gasteiger partial charge in [-0.25, -0.2) is 27.2 Å². The molecule has 7 rings (SSSR count). The number of carbonyl (C=O) groups excluding carboxylic acids is 4. The molecule has 2 aliphatic heterocycles. The normalized spacial score (nSPS) is 31.3. The van der Waals surface area contributed by atoms with Crippen molar-refractivity contribution in [1.82, 2.24) is 19.6 Å². The maximum Gasteiger partial charge on any atom is 0.428 e. The zero-order valence-electron chi connectivity index (χ0n) is 37.2. The summed E-state index contributed by atoms with van der Waals surface area (Å²) in [6.07, 6.45) is -8.50. The van der Waals surface area contributed by atoms with E-state index in [0.717, 1.165) is 0 Å². The van der Waals surface area contributed by atoms with Crippen LogP contribution < -0.4 is 14.2 Å². The Hall–Kier alpha value is -4.16. The summed E-state index contributed by atoms with van der Waals surface area (Å²) in [7, 11) is -2.79. The van der Waals surface area contributed by atoms with E-state index < -0.39 is 129 Å². The number of rotatable bonds is 9. The molecule has 0 spiro atoms. The number of halogens is 5. The number of Topliss-reactive ketones (excluding diaryl/α,β-unsaturated/α-hetero) is 1. The van der Waals surface area contributed by atoms with Crippen molar-refractivity contribution in [2.24, 2.45) is 34.5 Å². The molecule has 3 saturated carbocycles. The molecular formula is C45H59F5N4O9S. The first-order valence-corrected chi connectivity index (χ1v) is 23.9. The fraction of sp³-hybridized carbons (Fsp3) is 0.733. The highest BCUT2D eigenvalue weighted by molar-refractivity contribution is 7.91. The van der Waals surface area contributed by atoms with Crippen LogP contribution in [0.4, 0.5) is 22.0 Å². The Morgan fingerprint density at radius 3 is 2.33 bits per heavy atom. The van der Waals surface area contributed by atoms with Gasteiger partial charge in [-0.3, -0.25) is 23.9 Å². The Bertz CT molecular complexity index is 2270. The number of nitrogens with one attached hydrogen (secondary N) is 1. The Labute approximate surface area is 370 Å². The number of aromatic nitrogens is 2. The third kappa shape index (κ3) is 8.91. The minimum atomic E-state index is -4.90. The number of methoxy groups -OCH3 is 1. The topological polar surface area (TPSA) is 171 Å². The van der Waals surface area contributed by atoms with E-state index in [-0.39, 0.29) is 50.9 Å². The molecule has 3 heterocycles. The summed E-state index contributed by atoms with van der Waals surface area (Å²) in [5.74, 6) is -8.29. The zero-order valence-corrected chi connectivity index (χ0v) is 38.0. The quantitative estimate of drug-likeness (QED) is 0.193. The van der Waals surface area contributed by atoms with Gasteiger partial charge in [0.2, 0.25) is 39.7 Å². The molecule has 3 aliphatic carbocycles. The average Bonchev–Trinajstić information content (AvgIpc) is 4.06. The van der Waals surface area contributed by atoms with Crippen LogP contribution in [0.2, 0.25) is 0 Å². The Morgan fingerprint density at radius 2 is 1.72 bits per heavy atom. The number of ketones is 1. The van der Waals surface area contributed by atoms with Gasteiger partial charge in [0, 0.05) is 30.2 Å². The highest BCUT2D eigenvalue weighted by Crippen LogP contribution is 2.60. The number of aryl methyl sites for hydroxylation is 1. The van der Waals surface area contributed by atoms with Crippen LogP contribution in [0.3, 0.4) is 0 Å². The summed E-state index contributed by atoms with van der Waals surface area (Å²) in [5, 5.41) is 0. The Balaban J connectivity index is 1.31. The number of fused-ring (bicyclic) bond motifs is 5. The van der Waals surface area contributed by atoms with Crippen LogP contribution in [0.15, 0.2) is 18.2 Å². The number of sulfonamides is 1. The molecule has 1 saturated heterocycles. The minimum absolute atomic E-state index is 0.100. The number of esters is 1. The van der Waals surface area contributed by atoms with Crippen molar-refractivity contribution >= 4 is 44.6 Å². The van der Waals surface area contributed by atoms with Crippen LogP contribution in [-0.2, 0) is 40.4 Å². The van der Waals surface area contributed by atoms with Crippen molar-refractivity contribution in [3.63, 3.8) is 0 Å². The van der Waals surface area contributed by atoms with E-state index in [0.29, 0.717) is 48.2 Å². The van der Waals surface area contributed by atoms with Crippen molar-refractivity contribution in [3.8, 4) is 11.6 Å². The van der Waals surface area contributed by atoms with Gasteiger partial charge >= 0.3 is 12.1 Å². The SMILES string of the molecule is CC[C@@H]1[C@@H]2CN(C(=O)[C@H](C(C)(C)C)CC(=O)O[C@@]3(C(F)(F)F)CCC[C@H]3CCCCCc3nc4ccc(OC)cc4nc3O2)[C@@H]1C(=O)C[C@]1(C(=O)NS(=O)(=O)C2(C)CC2)C[C@H]1C(F)F. The van der Waals surface area contributed by atoms with Gasteiger partial charge in [0.25, 0.3) is 0 Å². The fourth-order valence-electron chi connectivity index (χ4n) is 10.4. The van der Waals surface area contributed by atoms with Gasteiger partial charge < -0.3 is 19.1 Å². The van der Waals surface area contributed by atoms with Gasteiger partial charge in [0.1, 0.15) is 17.5 Å². The second-order valence-corrected chi connectivity index (χ2v) is 22.2. The number of carbonyl (C=O) groups is 4. The Kier molecular flexibility index (Phi) is 12.9. The fourth-order valence-corrected chi connectivity index (χ4v) is 11.7. The van der Waals surface area contributed by atoms with Gasteiger partial charge in [-0.1, -0.05) is 40.5 Å². The highest BCUT2D eigenvalue weighted by atomic mass is 32.2. The molecule has 1 aromatic carbocycles. The second-order valence-electron chi connectivity index (χ2n) is 20.0. The summed E-state index contributed by atoms with van der Waals surface area (Å²) >= 11 is 0. The maximum atomic E-state index is 15.1. The summed E-state index contributed by atoms with van der Waals surface area (Å²) in [6.45, 7) is 7.78. The van der Waals surface area contributed by atoms with Crippen LogP contribution in [0, 0.1) is 34.5 Å². The molecule has 1 N–H and O–H groups in total. The third-order valence-corrected chi connectivity index (χ3v) is 16.9. The monoisotopic (exact) mass is 926 g/mol. The van der Waals surface area contributed by atoms with E-state index in [1.54, 1.807) is 45.9 Å². The van der Waals surface area contributed by atoms with Gasteiger partial charge in [0.05, 0.1) is 53.2 Å². The lowest BCUT2D eigenvalue weighted by molar-refractivity contribution is -0.282. The van der Waals surface area contributed by atoms with E-state index >= 15 is 18.0 Å². The number of alkyl halides is 5. The summed E-state index contributed by atoms with van der Waals surface area (Å²) < 4.78 is 119. The molecule has 64 heavy (non-hydrogen) atoms. The lowest BCUT2D eigenvalue weighted by Gasteiger charge is -2.39. The van der Waals surface area contributed by atoms with Crippen LogP contribution in [-0.4, -0.2) is 95.6 Å². The molecule has 13 nitrogen and oxygen atoms in total. The van der Waals surface area contributed by atoms with E-state index in [4.69, 9.17) is 24.2 Å². The standard InChI is InChI=1S/C45H59F5N4O9S/c1-7-27-34-24-54(36(27)33(55)23-43(22-29(43)37(46)47)40(58)53-64(59,60)42(5)18-19-42)39(57)28(41(2,3)4)21-35(56)63-44(45(48,49)50)17-11-13-25(44)12-9-8-10-14-31-38(62-34)52-32-20-26(61-6)15-16-30(32)51-31/h15-16,20,25,27-29,34,36-37H,7-14,17-19,21-24H2,1-6H3,(H,53,58)/t25-,27-,28-,29+,34+,36+,43-,44+/m1/s1. The predicted molar refractivity (Wildman–Crippen MR) is 223 cm³/mol. The molecule has 1 aromatic heterocycles. The second kappa shape index (κ2) is 17.2. The highest BCUT2D eigenvalue weighted by Gasteiger charge is 2.68. The van der Waals surface area contributed by atoms with Crippen molar-refractivity contribution in [2.75, 3.05) is 13.7 Å². The minimum Gasteiger partial charge on any atom is -0.497 e. The van der Waals surface area contributed by atoms with Gasteiger partial charge in [-0.05, 0) is 88.7 Å². The van der Waals surface area contributed by atoms with Crippen LogP contribution in [0.25, 0.3) is 11.0 Å². The molecule has 0 unspecified atom stereocenters. The molecule has 2 amide bonds. The van der Waals surface area contributed by atoms with Crippen molar-refractivity contribution < 1.29 is 63.8 Å². The van der Waals surface area contributed by atoms with Gasteiger partial charge in [-0.15, -0.1) is 0 Å². The zero-order chi connectivity index (χ0) is 46.8. The van der Waals surface area contributed by atoms with Crippen molar-refractivity contribution in [1.29, 1.82) is 0 Å². The molecule has 354 valence electrons. The first kappa shape index (κ1) is 47.8. The van der Waals surface area contributed by atoms with E-state index in [1.807, 2.05) is 4.72 Å². The lowest BCUT2D eigenvalue weighted by atomic mass is 9.77. The number of hydrogen-bond donors (Lipinski definition) is 1. The van der Waals surface area contributed by atoms with E-state index in [1.165, 1.54) is 18.9 Å². The predicted octanol–water partition coefficient (Wildman–Crippen LogP) is 7.67. The van der Waals surface area contributed by atoms with Crippen LogP contribution >= 0.6 is 0 Å². The largest absolute Gasteiger partial charge is 0.497 e. The third-order valence-electron chi connectivity index (χ3n) is 14.8. The van der Waals surface area contributed by atoms with E-state index in [9.17, 15) is 31.6 Å². The number of ether oxygens (including phenoxy) is 3. The van der Waals surface area contributed by atoms with E-state index in [2.05, 4.69) is 0 Å². The molecule has 4 fully saturated rings. The van der Waals surface area contributed by atoms with Crippen molar-refractivity contribution in [2.45, 2.75) is 160 Å². The molecule has 19 heteroatoms. The molecule has 8 atom stereocenters.